The number of nitrogens with zero attached hydrogens (tertiary/aromatic N) is 1. The smallest absolute Gasteiger partial charge is 0.232 e. The molecule has 2 aliphatic rings. The van der Waals surface area contributed by atoms with Crippen molar-refractivity contribution in [3.8, 4) is 0 Å². The van der Waals surface area contributed by atoms with Crippen molar-refractivity contribution < 1.29 is 4.79 Å². The molecule has 1 amide bonds. The van der Waals surface area contributed by atoms with E-state index in [2.05, 4.69) is 51.2 Å². The van der Waals surface area contributed by atoms with Gasteiger partial charge in [-0.3, -0.25) is 4.79 Å². The fourth-order valence-corrected chi connectivity index (χ4v) is 6.18. The molecule has 0 spiro atoms. The molecule has 2 aromatic carbocycles. The zero-order chi connectivity index (χ0) is 18.9. The van der Waals surface area contributed by atoms with Crippen LogP contribution in [0.3, 0.4) is 0 Å². The van der Waals surface area contributed by atoms with Gasteiger partial charge in [-0.05, 0) is 67.7 Å². The third-order valence-electron chi connectivity index (χ3n) is 5.94. The molecule has 0 aliphatic carbocycles. The fourth-order valence-electron chi connectivity index (χ4n) is 4.50. The number of primary amides is 1. The van der Waals surface area contributed by atoms with Crippen LogP contribution < -0.4 is 5.73 Å². The highest BCUT2D eigenvalue weighted by molar-refractivity contribution is 9.10. The van der Waals surface area contributed by atoms with Crippen molar-refractivity contribution in [2.75, 3.05) is 19.6 Å². The quantitative estimate of drug-likeness (QED) is 0.742. The minimum absolute atomic E-state index is 0.238. The molecule has 0 radical (unpaired) electrons. The van der Waals surface area contributed by atoms with E-state index in [9.17, 15) is 4.79 Å². The van der Waals surface area contributed by atoms with Crippen LogP contribution in [0.15, 0.2) is 51.8 Å². The molecule has 5 heteroatoms. The normalized spacial score (nSPS) is 22.6. The Morgan fingerprint density at radius 3 is 2.67 bits per heavy atom. The molecule has 2 aliphatic heterocycles. The summed E-state index contributed by atoms with van der Waals surface area (Å²) in [6.45, 7) is 3.15. The summed E-state index contributed by atoms with van der Waals surface area (Å²) < 4.78 is 1.04. The van der Waals surface area contributed by atoms with Gasteiger partial charge in [-0.2, -0.15) is 0 Å². The van der Waals surface area contributed by atoms with Gasteiger partial charge in [0.2, 0.25) is 5.91 Å². The summed E-state index contributed by atoms with van der Waals surface area (Å²) in [7, 11) is 0. The van der Waals surface area contributed by atoms with E-state index in [0.717, 1.165) is 52.3 Å². The van der Waals surface area contributed by atoms with Crippen molar-refractivity contribution >= 4 is 33.6 Å². The molecule has 4 rings (SSSR count). The molecular formula is C22H25BrN2OS. The summed E-state index contributed by atoms with van der Waals surface area (Å²) in [6, 6.07) is 14.6. The van der Waals surface area contributed by atoms with Crippen LogP contribution in [0.5, 0.6) is 0 Å². The molecule has 142 valence electrons. The predicted molar refractivity (Wildman–Crippen MR) is 115 cm³/mol. The van der Waals surface area contributed by atoms with Gasteiger partial charge in [0.15, 0.2) is 0 Å². The lowest BCUT2D eigenvalue weighted by Gasteiger charge is -2.36. The number of hydrogen-bond acceptors (Lipinski definition) is 3. The zero-order valence-corrected chi connectivity index (χ0v) is 17.8. The number of halogens is 1. The van der Waals surface area contributed by atoms with Crippen LogP contribution in [0.25, 0.3) is 0 Å². The number of fused-ring (bicyclic) bond motifs is 2. The van der Waals surface area contributed by atoms with Crippen LogP contribution in [0.1, 0.15) is 42.4 Å². The molecule has 0 aromatic heterocycles. The average molecular weight is 445 g/mol. The minimum atomic E-state index is -0.770. The molecule has 0 saturated carbocycles. The lowest BCUT2D eigenvalue weighted by Crippen LogP contribution is -2.46. The van der Waals surface area contributed by atoms with Gasteiger partial charge >= 0.3 is 0 Å². The van der Waals surface area contributed by atoms with Gasteiger partial charge in [-0.1, -0.05) is 52.7 Å². The number of piperidine rings is 1. The van der Waals surface area contributed by atoms with E-state index in [-0.39, 0.29) is 5.91 Å². The standard InChI is InChI=1S/C22H25BrN2OS/c23-17-8-9-19-20(14-17)27-15-16-6-2-3-7-18(16)22(19,21(24)26)10-13-25-11-4-1-5-12-25/h2-3,6-9,14H,1,4-5,10-13,15H2,(H2,24,26). The van der Waals surface area contributed by atoms with Gasteiger partial charge in [-0.15, -0.1) is 11.8 Å². The predicted octanol–water partition coefficient (Wildman–Crippen LogP) is 4.70. The van der Waals surface area contributed by atoms with Crippen molar-refractivity contribution in [3.05, 3.63) is 63.6 Å². The molecule has 27 heavy (non-hydrogen) atoms. The van der Waals surface area contributed by atoms with Crippen molar-refractivity contribution in [2.24, 2.45) is 5.73 Å². The number of hydrogen-bond donors (Lipinski definition) is 1. The van der Waals surface area contributed by atoms with E-state index in [1.807, 2.05) is 12.1 Å². The Morgan fingerprint density at radius 2 is 1.89 bits per heavy atom. The summed E-state index contributed by atoms with van der Waals surface area (Å²) in [5, 5.41) is 0. The van der Waals surface area contributed by atoms with Crippen molar-refractivity contribution in [3.63, 3.8) is 0 Å². The van der Waals surface area contributed by atoms with Gasteiger partial charge in [0.05, 0.1) is 0 Å². The van der Waals surface area contributed by atoms with Crippen LogP contribution in [-0.2, 0) is 16.0 Å². The van der Waals surface area contributed by atoms with Crippen molar-refractivity contribution in [1.82, 2.24) is 4.90 Å². The molecular weight excluding hydrogens is 420 g/mol. The Morgan fingerprint density at radius 1 is 1.11 bits per heavy atom. The molecule has 1 saturated heterocycles. The monoisotopic (exact) mass is 444 g/mol. The lowest BCUT2D eigenvalue weighted by atomic mass is 9.70. The molecule has 2 heterocycles. The van der Waals surface area contributed by atoms with E-state index in [0.29, 0.717) is 0 Å². The summed E-state index contributed by atoms with van der Waals surface area (Å²) in [5.41, 5.74) is 8.77. The van der Waals surface area contributed by atoms with E-state index in [4.69, 9.17) is 5.73 Å². The summed E-state index contributed by atoms with van der Waals surface area (Å²) in [4.78, 5) is 16.7. The average Bonchev–Trinajstić information content (AvgIpc) is 2.82. The van der Waals surface area contributed by atoms with E-state index < -0.39 is 5.41 Å². The first-order valence-electron chi connectivity index (χ1n) is 9.65. The molecule has 1 atom stereocenters. The maximum atomic E-state index is 13.1. The van der Waals surface area contributed by atoms with Crippen LogP contribution >= 0.6 is 27.7 Å². The second kappa shape index (κ2) is 7.98. The second-order valence-electron chi connectivity index (χ2n) is 7.51. The van der Waals surface area contributed by atoms with Crippen molar-refractivity contribution in [1.29, 1.82) is 0 Å². The highest BCUT2D eigenvalue weighted by atomic mass is 79.9. The summed E-state index contributed by atoms with van der Waals surface area (Å²) >= 11 is 5.39. The zero-order valence-electron chi connectivity index (χ0n) is 15.4. The molecule has 3 nitrogen and oxygen atoms in total. The number of thioether (sulfide) groups is 1. The number of likely N-dealkylation sites (tertiary alicyclic amines) is 1. The maximum Gasteiger partial charge on any atom is 0.232 e. The number of carbonyl (C=O) groups excluding carboxylic acids is 1. The van der Waals surface area contributed by atoms with Gasteiger partial charge in [0.1, 0.15) is 5.41 Å². The van der Waals surface area contributed by atoms with Crippen LogP contribution in [-0.4, -0.2) is 30.4 Å². The molecule has 0 bridgehead atoms. The molecule has 1 unspecified atom stereocenters. The lowest BCUT2D eigenvalue weighted by molar-refractivity contribution is -0.122. The Bertz CT molecular complexity index is 850. The van der Waals surface area contributed by atoms with Gasteiger partial charge in [-0.25, -0.2) is 0 Å². The van der Waals surface area contributed by atoms with Gasteiger partial charge in [0.25, 0.3) is 0 Å². The highest BCUT2D eigenvalue weighted by Gasteiger charge is 2.44. The Hall–Kier alpha value is -1.30. The van der Waals surface area contributed by atoms with E-state index >= 15 is 0 Å². The maximum absolute atomic E-state index is 13.1. The second-order valence-corrected chi connectivity index (χ2v) is 9.44. The number of benzene rings is 2. The molecule has 1 fully saturated rings. The number of nitrogens with two attached hydrogens (primary N) is 1. The first-order valence-corrected chi connectivity index (χ1v) is 11.4. The summed E-state index contributed by atoms with van der Waals surface area (Å²) in [6.07, 6.45) is 4.54. The number of amides is 1. The third-order valence-corrected chi connectivity index (χ3v) is 7.53. The van der Waals surface area contributed by atoms with Crippen molar-refractivity contribution in [2.45, 2.75) is 41.7 Å². The van der Waals surface area contributed by atoms with Crippen LogP contribution in [0.4, 0.5) is 0 Å². The highest BCUT2D eigenvalue weighted by Crippen LogP contribution is 2.47. The fraction of sp³-hybridized carbons (Fsp3) is 0.409. The Balaban J connectivity index is 1.83. The summed E-state index contributed by atoms with van der Waals surface area (Å²) in [5.74, 6) is 0.622. The topological polar surface area (TPSA) is 46.3 Å². The Kier molecular flexibility index (Phi) is 5.62. The Labute approximate surface area is 173 Å². The van der Waals surface area contributed by atoms with E-state index in [1.54, 1.807) is 11.8 Å². The van der Waals surface area contributed by atoms with Gasteiger partial charge < -0.3 is 10.6 Å². The molecule has 2 N–H and O–H groups in total. The molecule has 2 aromatic rings. The number of carbonyl (C=O) groups is 1. The SMILES string of the molecule is NC(=O)C1(CCN2CCCCC2)c2ccccc2CSc2cc(Br)ccc21. The van der Waals surface area contributed by atoms with E-state index in [1.165, 1.54) is 24.8 Å². The third kappa shape index (κ3) is 3.57. The first-order chi connectivity index (χ1) is 13.1. The largest absolute Gasteiger partial charge is 0.369 e. The van der Waals surface area contributed by atoms with Gasteiger partial charge in [0, 0.05) is 15.1 Å². The first kappa shape index (κ1) is 19.0. The minimum Gasteiger partial charge on any atom is -0.369 e. The van der Waals surface area contributed by atoms with Crippen LogP contribution in [0.2, 0.25) is 0 Å². The number of rotatable bonds is 4. The van der Waals surface area contributed by atoms with Crippen LogP contribution in [0, 0.1) is 0 Å².